The van der Waals surface area contributed by atoms with E-state index in [2.05, 4.69) is 21.9 Å². The van der Waals surface area contributed by atoms with E-state index in [1.165, 1.54) is 0 Å². The van der Waals surface area contributed by atoms with Crippen LogP contribution in [0.4, 0.5) is 0 Å². The molecule has 0 aliphatic carbocycles. The molecule has 0 saturated heterocycles. The van der Waals surface area contributed by atoms with Crippen molar-refractivity contribution in [2.24, 2.45) is 7.05 Å². The van der Waals surface area contributed by atoms with E-state index in [-0.39, 0.29) is 0 Å². The number of hydrogen-bond acceptors (Lipinski definition) is 2. The van der Waals surface area contributed by atoms with Gasteiger partial charge in [-0.2, -0.15) is 5.10 Å². The number of rotatable bonds is 0. The van der Waals surface area contributed by atoms with E-state index in [0.29, 0.717) is 5.02 Å². The molecule has 0 amide bonds. The molecule has 4 heteroatoms. The first-order chi connectivity index (χ1) is 9.24. The summed E-state index contributed by atoms with van der Waals surface area (Å²) < 4.78 is 1.73. The molecule has 19 heavy (non-hydrogen) atoms. The summed E-state index contributed by atoms with van der Waals surface area (Å²) in [6.07, 6.45) is 1.75. The van der Waals surface area contributed by atoms with Crippen molar-refractivity contribution in [3.05, 3.63) is 58.9 Å². The van der Waals surface area contributed by atoms with Crippen LogP contribution in [0.1, 0.15) is 11.3 Å². The van der Waals surface area contributed by atoms with Crippen LogP contribution in [0.2, 0.25) is 5.02 Å². The van der Waals surface area contributed by atoms with Crippen LogP contribution >= 0.6 is 11.6 Å². The van der Waals surface area contributed by atoms with Gasteiger partial charge in [0.1, 0.15) is 5.69 Å². The van der Waals surface area contributed by atoms with Gasteiger partial charge >= 0.3 is 0 Å². The number of benzene rings is 1. The zero-order chi connectivity index (χ0) is 13.2. The summed E-state index contributed by atoms with van der Waals surface area (Å²) in [6.45, 7) is 0. The third kappa shape index (κ3) is 2.31. The molecule has 0 radical (unpaired) electrons. The van der Waals surface area contributed by atoms with E-state index in [1.807, 2.05) is 43.4 Å². The summed E-state index contributed by atoms with van der Waals surface area (Å²) in [5, 5.41) is 6.01. The van der Waals surface area contributed by atoms with E-state index in [9.17, 15) is 0 Å². The number of nitrogens with zero attached hydrogens (tertiary/aromatic N) is 3. The second-order valence-corrected chi connectivity index (χ2v) is 4.54. The summed E-state index contributed by atoms with van der Waals surface area (Å²) in [5.74, 6) is 6.14. The van der Waals surface area contributed by atoms with Crippen molar-refractivity contribution in [3.8, 4) is 11.8 Å². The molecule has 0 spiro atoms. The van der Waals surface area contributed by atoms with Crippen LogP contribution in [0.25, 0.3) is 11.0 Å². The molecule has 3 nitrogen and oxygen atoms in total. The quantitative estimate of drug-likeness (QED) is 0.586. The molecule has 0 atom stereocenters. The molecule has 3 aromatic rings. The van der Waals surface area contributed by atoms with Gasteiger partial charge in [-0.3, -0.25) is 0 Å². The fraction of sp³-hybridized carbons (Fsp3) is 0.0667. The molecule has 0 N–H and O–H groups in total. The first kappa shape index (κ1) is 11.8. The number of fused-ring (bicyclic) bond motifs is 1. The minimum absolute atomic E-state index is 0.680. The summed E-state index contributed by atoms with van der Waals surface area (Å²) in [5.41, 5.74) is 2.43. The van der Waals surface area contributed by atoms with Crippen molar-refractivity contribution in [3.63, 3.8) is 0 Å². The molecule has 0 unspecified atom stereocenters. The fourth-order valence-electron chi connectivity index (χ4n) is 1.88. The molecule has 0 saturated carbocycles. The largest absolute Gasteiger partial charge is 0.249 e. The lowest BCUT2D eigenvalue weighted by molar-refractivity contribution is 0.782. The summed E-state index contributed by atoms with van der Waals surface area (Å²) in [4.78, 5) is 4.28. The molecule has 0 aliphatic rings. The number of aryl methyl sites for hydroxylation is 1. The summed E-state index contributed by atoms with van der Waals surface area (Å²) in [7, 11) is 1.86. The Labute approximate surface area is 115 Å². The van der Waals surface area contributed by atoms with Gasteiger partial charge in [0.15, 0.2) is 5.65 Å². The lowest BCUT2D eigenvalue weighted by atomic mass is 10.2. The molecular formula is C15H10ClN3. The van der Waals surface area contributed by atoms with Gasteiger partial charge < -0.3 is 0 Å². The van der Waals surface area contributed by atoms with Crippen LogP contribution in [0.5, 0.6) is 0 Å². The van der Waals surface area contributed by atoms with Gasteiger partial charge in [0.2, 0.25) is 0 Å². The maximum absolute atomic E-state index is 5.93. The molecule has 3 rings (SSSR count). The maximum atomic E-state index is 5.93. The highest BCUT2D eigenvalue weighted by atomic mass is 35.5. The Kier molecular flexibility index (Phi) is 2.94. The molecule has 2 heterocycles. The zero-order valence-corrected chi connectivity index (χ0v) is 11.0. The maximum Gasteiger partial charge on any atom is 0.158 e. The SMILES string of the molecule is Cn1nc(C#Cc2cccc(Cl)c2)c2cccnc21. The van der Waals surface area contributed by atoms with E-state index < -0.39 is 0 Å². The van der Waals surface area contributed by atoms with Crippen molar-refractivity contribution in [1.29, 1.82) is 0 Å². The van der Waals surface area contributed by atoms with E-state index in [1.54, 1.807) is 10.9 Å². The van der Waals surface area contributed by atoms with Crippen molar-refractivity contribution < 1.29 is 0 Å². The van der Waals surface area contributed by atoms with Gasteiger partial charge in [-0.1, -0.05) is 23.6 Å². The van der Waals surface area contributed by atoms with Crippen molar-refractivity contribution >= 4 is 22.6 Å². The Morgan fingerprint density at radius 2 is 2.05 bits per heavy atom. The minimum Gasteiger partial charge on any atom is -0.249 e. The van der Waals surface area contributed by atoms with E-state index in [4.69, 9.17) is 11.6 Å². The highest BCUT2D eigenvalue weighted by Crippen LogP contribution is 2.14. The molecule has 92 valence electrons. The highest BCUT2D eigenvalue weighted by Gasteiger charge is 2.05. The fourth-order valence-corrected chi connectivity index (χ4v) is 2.07. The predicted octanol–water partition coefficient (Wildman–Crippen LogP) is 3.02. The van der Waals surface area contributed by atoms with Gasteiger partial charge in [-0.05, 0) is 36.3 Å². The van der Waals surface area contributed by atoms with Gasteiger partial charge in [0.05, 0.1) is 5.39 Å². The molecule has 0 bridgehead atoms. The Morgan fingerprint density at radius 3 is 2.89 bits per heavy atom. The molecule has 0 aliphatic heterocycles. The van der Waals surface area contributed by atoms with Crippen LogP contribution in [0, 0.1) is 11.8 Å². The Balaban J connectivity index is 2.08. The zero-order valence-electron chi connectivity index (χ0n) is 10.3. The average molecular weight is 268 g/mol. The second-order valence-electron chi connectivity index (χ2n) is 4.11. The van der Waals surface area contributed by atoms with Gasteiger partial charge in [-0.15, -0.1) is 0 Å². The number of halogens is 1. The Morgan fingerprint density at radius 1 is 1.16 bits per heavy atom. The van der Waals surface area contributed by atoms with Gasteiger partial charge in [0, 0.05) is 23.8 Å². The Bertz CT molecular complexity index is 809. The van der Waals surface area contributed by atoms with Crippen LogP contribution in [0.15, 0.2) is 42.6 Å². The summed E-state index contributed by atoms with van der Waals surface area (Å²) in [6, 6.07) is 11.3. The van der Waals surface area contributed by atoms with Crippen LogP contribution in [0.3, 0.4) is 0 Å². The topological polar surface area (TPSA) is 30.7 Å². The smallest absolute Gasteiger partial charge is 0.158 e. The van der Waals surface area contributed by atoms with Crippen molar-refractivity contribution in [1.82, 2.24) is 14.8 Å². The second kappa shape index (κ2) is 4.75. The summed E-state index contributed by atoms with van der Waals surface area (Å²) >= 11 is 5.93. The lowest BCUT2D eigenvalue weighted by Gasteiger charge is -1.90. The minimum atomic E-state index is 0.680. The number of pyridine rings is 1. The Hall–Kier alpha value is -2.31. The number of hydrogen-bond donors (Lipinski definition) is 0. The monoisotopic (exact) mass is 267 g/mol. The molecule has 1 aromatic carbocycles. The predicted molar refractivity (Wildman–Crippen MR) is 75.9 cm³/mol. The van der Waals surface area contributed by atoms with Gasteiger partial charge in [-0.25, -0.2) is 9.67 Å². The van der Waals surface area contributed by atoms with Crippen LogP contribution in [-0.4, -0.2) is 14.8 Å². The average Bonchev–Trinajstić information content (AvgIpc) is 2.74. The van der Waals surface area contributed by atoms with Crippen LogP contribution in [-0.2, 0) is 7.05 Å². The van der Waals surface area contributed by atoms with Crippen molar-refractivity contribution in [2.75, 3.05) is 0 Å². The lowest BCUT2D eigenvalue weighted by Crippen LogP contribution is -1.91. The van der Waals surface area contributed by atoms with E-state index in [0.717, 1.165) is 22.3 Å². The highest BCUT2D eigenvalue weighted by molar-refractivity contribution is 6.30. The number of aromatic nitrogens is 3. The molecular weight excluding hydrogens is 258 g/mol. The first-order valence-corrected chi connectivity index (χ1v) is 6.17. The van der Waals surface area contributed by atoms with E-state index >= 15 is 0 Å². The normalized spacial score (nSPS) is 10.2. The standard InChI is InChI=1S/C15H10ClN3/c1-19-15-13(6-3-9-17-15)14(18-19)8-7-11-4-2-5-12(16)10-11/h2-6,9-10H,1H3. The molecule has 0 fully saturated rings. The third-order valence-corrected chi connectivity index (χ3v) is 2.98. The van der Waals surface area contributed by atoms with Crippen LogP contribution < -0.4 is 0 Å². The third-order valence-electron chi connectivity index (χ3n) is 2.75. The van der Waals surface area contributed by atoms with Crippen molar-refractivity contribution in [2.45, 2.75) is 0 Å². The first-order valence-electron chi connectivity index (χ1n) is 5.79. The molecule has 2 aromatic heterocycles. The van der Waals surface area contributed by atoms with Gasteiger partial charge in [0.25, 0.3) is 0 Å².